The Bertz CT molecular complexity index is 1100. The van der Waals surface area contributed by atoms with Crippen molar-refractivity contribution in [2.45, 2.75) is 20.8 Å². The summed E-state index contributed by atoms with van der Waals surface area (Å²) in [4.78, 5) is 24.1. The number of para-hydroxylation sites is 1. The number of hydrogen-bond donors (Lipinski definition) is 1. The molecule has 0 saturated heterocycles. The lowest BCUT2D eigenvalue weighted by Gasteiger charge is -2.09. The fourth-order valence-electron chi connectivity index (χ4n) is 2.83. The number of hydrogen-bond acceptors (Lipinski definition) is 4. The third-order valence-corrected chi connectivity index (χ3v) is 4.81. The van der Waals surface area contributed by atoms with Crippen molar-refractivity contribution in [3.63, 3.8) is 0 Å². The van der Waals surface area contributed by atoms with Crippen LogP contribution in [0.5, 0.6) is 0 Å². The van der Waals surface area contributed by atoms with Crippen molar-refractivity contribution in [2.24, 2.45) is 0 Å². The minimum absolute atomic E-state index is 0.382. The monoisotopic (exact) mass is 423 g/mol. The van der Waals surface area contributed by atoms with Gasteiger partial charge in [-0.25, -0.2) is 9.48 Å². The summed E-state index contributed by atoms with van der Waals surface area (Å²) in [5.74, 6) is -1.05. The summed E-state index contributed by atoms with van der Waals surface area (Å²) < 4.78 is 6.63. The Morgan fingerprint density at radius 3 is 2.60 bits per heavy atom. The lowest BCUT2D eigenvalue weighted by atomic mass is 10.1. The number of nitrogens with one attached hydrogen (secondary N) is 1. The number of carbonyl (C=O) groups is 2. The van der Waals surface area contributed by atoms with E-state index in [2.05, 4.69) is 10.4 Å². The van der Waals surface area contributed by atoms with E-state index in [1.54, 1.807) is 11.6 Å². The van der Waals surface area contributed by atoms with Crippen LogP contribution in [0.2, 0.25) is 5.15 Å². The van der Waals surface area contributed by atoms with Crippen LogP contribution in [0.4, 0.5) is 5.69 Å². The summed E-state index contributed by atoms with van der Waals surface area (Å²) in [5, 5.41) is 7.54. The Hall–Kier alpha value is -3.38. The van der Waals surface area contributed by atoms with Crippen molar-refractivity contribution in [1.29, 1.82) is 0 Å². The Morgan fingerprint density at radius 1 is 1.13 bits per heavy atom. The Labute approximate surface area is 180 Å². The van der Waals surface area contributed by atoms with Gasteiger partial charge in [-0.15, -0.1) is 0 Å². The molecule has 1 N–H and O–H groups in total. The van der Waals surface area contributed by atoms with Crippen LogP contribution in [0.15, 0.2) is 54.6 Å². The van der Waals surface area contributed by atoms with E-state index in [9.17, 15) is 9.59 Å². The lowest BCUT2D eigenvalue weighted by Crippen LogP contribution is -2.20. The molecule has 0 aliphatic heterocycles. The van der Waals surface area contributed by atoms with Crippen LogP contribution in [0.3, 0.4) is 0 Å². The molecule has 7 heteroatoms. The summed E-state index contributed by atoms with van der Waals surface area (Å²) in [6.45, 7) is 5.25. The van der Waals surface area contributed by atoms with Crippen LogP contribution < -0.4 is 5.32 Å². The Balaban J connectivity index is 1.60. The first-order valence-corrected chi connectivity index (χ1v) is 9.75. The molecular weight excluding hydrogens is 402 g/mol. The summed E-state index contributed by atoms with van der Waals surface area (Å²) in [6, 6.07) is 15.2. The highest BCUT2D eigenvalue weighted by molar-refractivity contribution is 6.31. The van der Waals surface area contributed by atoms with E-state index >= 15 is 0 Å². The first-order valence-electron chi connectivity index (χ1n) is 9.37. The van der Waals surface area contributed by atoms with Gasteiger partial charge in [0, 0.05) is 17.3 Å². The number of benzene rings is 2. The Kier molecular flexibility index (Phi) is 6.69. The number of esters is 1. The molecule has 0 atom stereocenters. The highest BCUT2D eigenvalue weighted by atomic mass is 35.5. The first kappa shape index (κ1) is 21.3. The molecule has 1 heterocycles. The molecule has 2 aromatic carbocycles. The van der Waals surface area contributed by atoms with Gasteiger partial charge >= 0.3 is 5.97 Å². The number of aromatic nitrogens is 2. The average Bonchev–Trinajstić information content (AvgIpc) is 3.02. The van der Waals surface area contributed by atoms with Gasteiger partial charge in [0.2, 0.25) is 0 Å². The molecule has 0 unspecified atom stereocenters. The van der Waals surface area contributed by atoms with Crippen molar-refractivity contribution in [2.75, 3.05) is 11.9 Å². The highest BCUT2D eigenvalue weighted by Crippen LogP contribution is 2.24. The third kappa shape index (κ3) is 5.15. The molecule has 1 amide bonds. The number of nitrogens with zero attached hydrogens (tertiary/aromatic N) is 2. The summed E-state index contributed by atoms with van der Waals surface area (Å²) >= 11 is 6.43. The van der Waals surface area contributed by atoms with E-state index in [-0.39, 0.29) is 6.61 Å². The molecule has 0 spiro atoms. The van der Waals surface area contributed by atoms with Gasteiger partial charge in [-0.05, 0) is 56.2 Å². The molecule has 30 heavy (non-hydrogen) atoms. The van der Waals surface area contributed by atoms with Crippen molar-refractivity contribution in [3.8, 4) is 5.69 Å². The minimum atomic E-state index is -0.644. The molecule has 6 nitrogen and oxygen atoms in total. The highest BCUT2D eigenvalue weighted by Gasteiger charge is 2.13. The quantitative estimate of drug-likeness (QED) is 0.462. The maximum absolute atomic E-state index is 12.1. The fourth-order valence-corrected chi connectivity index (χ4v) is 3.17. The predicted molar refractivity (Wildman–Crippen MR) is 118 cm³/mol. The summed E-state index contributed by atoms with van der Waals surface area (Å²) in [6.07, 6.45) is 2.77. The Morgan fingerprint density at radius 2 is 1.87 bits per heavy atom. The minimum Gasteiger partial charge on any atom is -0.452 e. The number of halogens is 1. The maximum atomic E-state index is 12.1. The summed E-state index contributed by atoms with van der Waals surface area (Å²) in [5.41, 5.74) is 4.75. The van der Waals surface area contributed by atoms with E-state index in [1.807, 2.05) is 62.4 Å². The maximum Gasteiger partial charge on any atom is 0.331 e. The van der Waals surface area contributed by atoms with Crippen molar-refractivity contribution in [3.05, 3.63) is 82.1 Å². The van der Waals surface area contributed by atoms with Crippen molar-refractivity contribution in [1.82, 2.24) is 9.78 Å². The molecule has 3 rings (SSSR count). The van der Waals surface area contributed by atoms with Gasteiger partial charge in [0.15, 0.2) is 6.61 Å². The molecule has 0 aliphatic rings. The predicted octanol–water partition coefficient (Wildman–Crippen LogP) is 4.65. The van der Waals surface area contributed by atoms with Crippen LogP contribution in [0.1, 0.15) is 22.4 Å². The summed E-state index contributed by atoms with van der Waals surface area (Å²) in [7, 11) is 0. The van der Waals surface area contributed by atoms with E-state index in [0.29, 0.717) is 22.1 Å². The van der Waals surface area contributed by atoms with Gasteiger partial charge in [-0.1, -0.05) is 41.9 Å². The van der Waals surface area contributed by atoms with Crippen LogP contribution in [0.25, 0.3) is 11.8 Å². The average molecular weight is 424 g/mol. The molecule has 0 aliphatic carbocycles. The number of amides is 1. The second-order valence-corrected chi connectivity index (χ2v) is 7.20. The number of carbonyl (C=O) groups excluding carboxylic acids is 2. The number of anilines is 1. The molecule has 0 saturated carbocycles. The van der Waals surface area contributed by atoms with Crippen LogP contribution in [-0.4, -0.2) is 28.3 Å². The normalized spacial score (nSPS) is 10.9. The third-order valence-electron chi connectivity index (χ3n) is 4.45. The largest absolute Gasteiger partial charge is 0.452 e. The van der Waals surface area contributed by atoms with Gasteiger partial charge in [0.25, 0.3) is 5.91 Å². The van der Waals surface area contributed by atoms with Gasteiger partial charge in [-0.2, -0.15) is 5.10 Å². The zero-order valence-corrected chi connectivity index (χ0v) is 17.7. The van der Waals surface area contributed by atoms with Crippen molar-refractivity contribution >= 4 is 35.2 Å². The SMILES string of the molecule is Cc1ccc(C)c(NC(=O)COC(=O)/C=C/c2c(C)nn(-c3ccccc3)c2Cl)c1. The van der Waals surface area contributed by atoms with Gasteiger partial charge in [-0.3, -0.25) is 4.79 Å². The second-order valence-electron chi connectivity index (χ2n) is 6.84. The number of rotatable bonds is 6. The molecule has 154 valence electrons. The molecule has 1 aromatic heterocycles. The van der Waals surface area contributed by atoms with Crippen LogP contribution >= 0.6 is 11.6 Å². The van der Waals surface area contributed by atoms with Crippen LogP contribution in [0, 0.1) is 20.8 Å². The molecule has 0 fully saturated rings. The smallest absolute Gasteiger partial charge is 0.331 e. The van der Waals surface area contributed by atoms with E-state index < -0.39 is 11.9 Å². The molecule has 3 aromatic rings. The molecule has 0 radical (unpaired) electrons. The number of aryl methyl sites for hydroxylation is 3. The number of ether oxygens (including phenoxy) is 1. The van der Waals surface area contributed by atoms with Gasteiger partial charge in [0.1, 0.15) is 5.15 Å². The zero-order chi connectivity index (χ0) is 21.7. The topological polar surface area (TPSA) is 73.2 Å². The zero-order valence-electron chi connectivity index (χ0n) is 17.0. The molecular formula is C23H22ClN3O3. The van der Waals surface area contributed by atoms with E-state index in [1.165, 1.54) is 12.2 Å². The second kappa shape index (κ2) is 9.41. The standard InChI is InChI=1S/C23H22ClN3O3/c1-15-9-10-16(2)20(13-15)25-21(28)14-30-22(29)12-11-19-17(3)26-27(23(19)24)18-7-5-4-6-8-18/h4-13H,14H2,1-3H3,(H,25,28)/b12-11+. The fraction of sp³-hybridized carbons (Fsp3) is 0.174. The van der Waals surface area contributed by atoms with Gasteiger partial charge < -0.3 is 10.1 Å². The van der Waals surface area contributed by atoms with E-state index in [0.717, 1.165) is 16.8 Å². The molecule has 0 bridgehead atoms. The van der Waals surface area contributed by atoms with Crippen LogP contribution in [-0.2, 0) is 14.3 Å². The lowest BCUT2D eigenvalue weighted by molar-refractivity contribution is -0.142. The van der Waals surface area contributed by atoms with Crippen molar-refractivity contribution < 1.29 is 14.3 Å². The van der Waals surface area contributed by atoms with E-state index in [4.69, 9.17) is 16.3 Å². The first-order chi connectivity index (χ1) is 14.3. The van der Waals surface area contributed by atoms with Gasteiger partial charge in [0.05, 0.1) is 11.4 Å².